The van der Waals surface area contributed by atoms with Crippen molar-refractivity contribution in [2.24, 2.45) is 0 Å². The van der Waals surface area contributed by atoms with Gasteiger partial charge in [-0.2, -0.15) is 0 Å². The lowest BCUT2D eigenvalue weighted by atomic mass is 10.0. The fourth-order valence-corrected chi connectivity index (χ4v) is 5.14. The number of nitrogens with one attached hydrogen (secondary N) is 2. The third-order valence-corrected chi connectivity index (χ3v) is 7.13. The lowest BCUT2D eigenvalue weighted by Gasteiger charge is -2.33. The Hall–Kier alpha value is -4.85. The normalized spacial score (nSPS) is 16.8. The lowest BCUT2D eigenvalue weighted by Crippen LogP contribution is -2.50. The monoisotopic (exact) mass is 611 g/mol. The van der Waals surface area contributed by atoms with Crippen molar-refractivity contribution in [2.45, 2.75) is 38.8 Å². The molecule has 0 saturated carbocycles. The maximum absolute atomic E-state index is 14.7. The van der Waals surface area contributed by atoms with Crippen molar-refractivity contribution in [2.75, 3.05) is 45.3 Å². The number of amides is 3. The van der Waals surface area contributed by atoms with Crippen LogP contribution in [0.2, 0.25) is 0 Å². The number of methoxy groups -OCH3 is 1. The highest BCUT2D eigenvalue weighted by Crippen LogP contribution is 2.43. The smallest absolute Gasteiger partial charge is 0.417 e. The average Bonchev–Trinajstić information content (AvgIpc) is 3.34. The molecule has 234 valence electrons. The van der Waals surface area contributed by atoms with Crippen LogP contribution in [0.4, 0.5) is 25.4 Å². The van der Waals surface area contributed by atoms with Crippen LogP contribution in [0, 0.1) is 5.82 Å². The molecule has 1 aromatic carbocycles. The van der Waals surface area contributed by atoms with E-state index in [2.05, 4.69) is 15.3 Å². The molecule has 3 amide bonds. The Morgan fingerprint density at radius 2 is 2.05 bits per heavy atom. The van der Waals surface area contributed by atoms with E-state index in [9.17, 15) is 23.9 Å². The fourth-order valence-electron chi connectivity index (χ4n) is 5.14. The number of imide groups is 1. The van der Waals surface area contributed by atoms with Crippen LogP contribution < -0.4 is 14.8 Å². The zero-order valence-electron chi connectivity index (χ0n) is 24.8. The topological polar surface area (TPSA) is 156 Å². The summed E-state index contributed by atoms with van der Waals surface area (Å²) in [5.41, 5.74) is 1.29. The number of halogens is 1. The molecule has 14 heteroatoms. The van der Waals surface area contributed by atoms with Gasteiger partial charge in [-0.15, -0.1) is 0 Å². The van der Waals surface area contributed by atoms with Crippen LogP contribution in [0.25, 0.3) is 11.3 Å². The number of ether oxygens (including phenoxy) is 4. The van der Waals surface area contributed by atoms with Gasteiger partial charge in [0.25, 0.3) is 5.91 Å². The highest BCUT2D eigenvalue weighted by molar-refractivity contribution is 6.11. The third-order valence-electron chi connectivity index (χ3n) is 7.13. The van der Waals surface area contributed by atoms with Crippen LogP contribution >= 0.6 is 0 Å². The Morgan fingerprint density at radius 1 is 1.25 bits per heavy atom. The number of hydrogen-bond donors (Lipinski definition) is 3. The minimum Gasteiger partial charge on any atom is -0.492 e. The molecule has 1 atom stereocenters. The number of aromatic nitrogens is 2. The van der Waals surface area contributed by atoms with Crippen molar-refractivity contribution in [1.29, 1.82) is 0 Å². The summed E-state index contributed by atoms with van der Waals surface area (Å²) in [4.78, 5) is 48.4. The van der Waals surface area contributed by atoms with Crippen LogP contribution in [-0.4, -0.2) is 94.6 Å². The Bertz CT molecular complexity index is 1570. The van der Waals surface area contributed by atoms with Gasteiger partial charge in [-0.05, 0) is 39.0 Å². The summed E-state index contributed by atoms with van der Waals surface area (Å²) < 4.78 is 37.0. The van der Waals surface area contributed by atoms with E-state index < -0.39 is 35.6 Å². The first-order chi connectivity index (χ1) is 21.0. The van der Waals surface area contributed by atoms with Gasteiger partial charge in [0.1, 0.15) is 18.0 Å². The molecule has 13 nitrogen and oxygen atoms in total. The van der Waals surface area contributed by atoms with Crippen molar-refractivity contribution in [3.05, 3.63) is 53.7 Å². The maximum Gasteiger partial charge on any atom is 0.417 e. The zero-order valence-corrected chi connectivity index (χ0v) is 24.8. The Morgan fingerprint density at radius 3 is 2.77 bits per heavy atom. The minimum atomic E-state index is -1.08. The largest absolute Gasteiger partial charge is 0.492 e. The zero-order chi connectivity index (χ0) is 31.6. The standard InChI is InChI=1S/C30H34FN5O8/c1-30(2,3)44-29(40)36-11-9-20-23(27(36)37)25(34-21-7-5-6-19(31)26(21)41-4)24(33-20)18-8-10-32-14-22(18)43-16-17-15-42-13-12-35(17)28(38)39/h5-8,10,14,17,33-34H,9,11-13,15-16H2,1-4H3,(H,38,39)/t17-/m1/s1. The first-order valence-electron chi connectivity index (χ1n) is 14.0. The molecule has 2 aromatic heterocycles. The number of fused-ring (bicyclic) bond motifs is 1. The van der Waals surface area contributed by atoms with Gasteiger partial charge in [-0.3, -0.25) is 14.7 Å². The van der Waals surface area contributed by atoms with E-state index in [1.165, 1.54) is 36.5 Å². The average molecular weight is 612 g/mol. The number of rotatable bonds is 7. The van der Waals surface area contributed by atoms with Crippen molar-refractivity contribution in [3.8, 4) is 22.8 Å². The fraction of sp³-hybridized carbons (Fsp3) is 0.400. The molecule has 1 fully saturated rings. The second-order valence-corrected chi connectivity index (χ2v) is 11.2. The van der Waals surface area contributed by atoms with Gasteiger partial charge in [-0.25, -0.2) is 18.9 Å². The number of carboxylic acid groups (broad SMARTS) is 1. The molecule has 0 radical (unpaired) electrons. The lowest BCUT2D eigenvalue weighted by molar-refractivity contribution is -0.0148. The molecule has 2 aliphatic rings. The summed E-state index contributed by atoms with van der Waals surface area (Å²) in [6.07, 6.45) is 1.45. The maximum atomic E-state index is 14.7. The van der Waals surface area contributed by atoms with E-state index in [-0.39, 0.29) is 49.0 Å². The van der Waals surface area contributed by atoms with E-state index in [0.717, 1.165) is 4.90 Å². The Labute approximate surface area is 252 Å². The summed E-state index contributed by atoms with van der Waals surface area (Å²) in [5.74, 6) is -0.990. The van der Waals surface area contributed by atoms with Crippen LogP contribution in [-0.2, 0) is 15.9 Å². The molecular weight excluding hydrogens is 577 g/mol. The Balaban J connectivity index is 1.57. The predicted octanol–water partition coefficient (Wildman–Crippen LogP) is 4.66. The van der Waals surface area contributed by atoms with Crippen LogP contribution in [0.1, 0.15) is 36.8 Å². The van der Waals surface area contributed by atoms with E-state index in [4.69, 9.17) is 18.9 Å². The van der Waals surface area contributed by atoms with Gasteiger partial charge in [0.2, 0.25) is 0 Å². The number of nitrogens with zero attached hydrogens (tertiary/aromatic N) is 3. The van der Waals surface area contributed by atoms with Crippen molar-refractivity contribution in [3.63, 3.8) is 0 Å². The van der Waals surface area contributed by atoms with E-state index in [1.807, 2.05) is 0 Å². The van der Waals surface area contributed by atoms with Crippen LogP contribution in [0.3, 0.4) is 0 Å². The number of para-hydroxylation sites is 1. The van der Waals surface area contributed by atoms with Gasteiger partial charge >= 0.3 is 12.2 Å². The van der Waals surface area contributed by atoms with Gasteiger partial charge < -0.3 is 34.4 Å². The molecule has 2 aliphatic heterocycles. The SMILES string of the molecule is COc1c(F)cccc1Nc1c(-c2ccncc2OC[C@H]2COCCN2C(=O)O)[nH]c2c1C(=O)N(C(=O)OC(C)(C)C)CC2. The van der Waals surface area contributed by atoms with Gasteiger partial charge in [0.05, 0.1) is 55.2 Å². The number of aromatic amines is 1. The molecule has 0 bridgehead atoms. The minimum absolute atomic E-state index is 0.0166. The third kappa shape index (κ3) is 6.25. The van der Waals surface area contributed by atoms with Gasteiger partial charge in [-0.1, -0.05) is 6.07 Å². The molecule has 0 spiro atoms. The number of carbonyl (C=O) groups is 3. The molecule has 4 heterocycles. The highest BCUT2D eigenvalue weighted by atomic mass is 19.1. The second-order valence-electron chi connectivity index (χ2n) is 11.2. The summed E-state index contributed by atoms with van der Waals surface area (Å²) in [5, 5.41) is 12.8. The number of hydrogen-bond acceptors (Lipinski definition) is 9. The number of carbonyl (C=O) groups excluding carboxylic acids is 2. The highest BCUT2D eigenvalue weighted by Gasteiger charge is 2.37. The molecule has 1 saturated heterocycles. The first-order valence-corrected chi connectivity index (χ1v) is 14.0. The van der Waals surface area contributed by atoms with Crippen molar-refractivity contribution in [1.82, 2.24) is 19.8 Å². The van der Waals surface area contributed by atoms with Gasteiger partial charge in [0.15, 0.2) is 11.6 Å². The quantitative estimate of drug-likeness (QED) is 0.344. The number of H-pyrrole nitrogens is 1. The number of benzene rings is 1. The molecular formula is C30H34FN5O8. The van der Waals surface area contributed by atoms with Crippen molar-refractivity contribution >= 4 is 29.5 Å². The summed E-state index contributed by atoms with van der Waals surface area (Å²) in [7, 11) is 1.33. The molecule has 0 aliphatic carbocycles. The Kier molecular flexibility index (Phi) is 8.63. The number of anilines is 2. The van der Waals surface area contributed by atoms with E-state index in [1.54, 1.807) is 32.9 Å². The number of pyridine rings is 1. The van der Waals surface area contributed by atoms with E-state index in [0.29, 0.717) is 35.7 Å². The molecule has 44 heavy (non-hydrogen) atoms. The van der Waals surface area contributed by atoms with Gasteiger partial charge in [0, 0.05) is 37.0 Å². The summed E-state index contributed by atoms with van der Waals surface area (Å²) in [6.45, 7) is 5.87. The molecule has 5 rings (SSSR count). The molecule has 3 N–H and O–H groups in total. The van der Waals surface area contributed by atoms with Crippen molar-refractivity contribution < 1.29 is 42.8 Å². The number of morpholine rings is 1. The van der Waals surface area contributed by atoms with Crippen LogP contribution in [0.5, 0.6) is 11.5 Å². The second kappa shape index (κ2) is 12.4. The first kappa shape index (κ1) is 30.6. The molecule has 3 aromatic rings. The molecule has 0 unspecified atom stereocenters. The summed E-state index contributed by atoms with van der Waals surface area (Å²) >= 11 is 0. The van der Waals surface area contributed by atoms with E-state index >= 15 is 0 Å². The summed E-state index contributed by atoms with van der Waals surface area (Å²) in [6, 6.07) is 5.46. The predicted molar refractivity (Wildman–Crippen MR) is 156 cm³/mol. The van der Waals surface area contributed by atoms with Crippen LogP contribution in [0.15, 0.2) is 36.7 Å².